The Bertz CT molecular complexity index is 624. The molecule has 1 N–H and O–H groups in total. The van der Waals surface area contributed by atoms with Gasteiger partial charge in [-0.2, -0.15) is 0 Å². The van der Waals surface area contributed by atoms with Gasteiger partial charge >= 0.3 is 0 Å². The van der Waals surface area contributed by atoms with Crippen LogP contribution in [-0.2, 0) is 12.8 Å². The maximum atomic E-state index is 5.54. The Balaban J connectivity index is 1.67. The van der Waals surface area contributed by atoms with E-state index in [-0.39, 0.29) is 0 Å². The molecule has 0 aliphatic carbocycles. The third-order valence-electron chi connectivity index (χ3n) is 3.82. The molecule has 0 saturated heterocycles. The van der Waals surface area contributed by atoms with Crippen molar-refractivity contribution in [3.8, 4) is 11.5 Å². The highest BCUT2D eigenvalue weighted by Crippen LogP contribution is 2.28. The number of fused-ring (bicyclic) bond motifs is 1. The summed E-state index contributed by atoms with van der Waals surface area (Å²) in [6.45, 7) is 2.99. The second kappa shape index (κ2) is 6.08. The van der Waals surface area contributed by atoms with Gasteiger partial charge in [0.2, 0.25) is 0 Å². The van der Waals surface area contributed by atoms with Crippen molar-refractivity contribution in [3.63, 3.8) is 0 Å². The van der Waals surface area contributed by atoms with Crippen LogP contribution in [0.5, 0.6) is 11.5 Å². The Morgan fingerprint density at radius 3 is 2.95 bits per heavy atom. The van der Waals surface area contributed by atoms with E-state index in [1.54, 1.807) is 7.11 Å². The van der Waals surface area contributed by atoms with E-state index in [0.717, 1.165) is 36.6 Å². The molecule has 0 bridgehead atoms. The molecule has 1 unspecified atom stereocenters. The summed E-state index contributed by atoms with van der Waals surface area (Å²) in [5.41, 5.74) is 3.68. The number of ether oxygens (including phenoxy) is 2. The number of benzene rings is 2. The molecule has 21 heavy (non-hydrogen) atoms. The van der Waals surface area contributed by atoms with Crippen molar-refractivity contribution < 1.29 is 9.47 Å². The Labute approximate surface area is 125 Å². The van der Waals surface area contributed by atoms with E-state index in [0.29, 0.717) is 6.04 Å². The Morgan fingerprint density at radius 1 is 1.24 bits per heavy atom. The predicted octanol–water partition coefficient (Wildman–Crippen LogP) is 3.67. The van der Waals surface area contributed by atoms with Gasteiger partial charge in [0.15, 0.2) is 0 Å². The fourth-order valence-electron chi connectivity index (χ4n) is 2.81. The van der Waals surface area contributed by atoms with E-state index >= 15 is 0 Å². The van der Waals surface area contributed by atoms with Gasteiger partial charge in [0.05, 0.1) is 13.7 Å². The van der Waals surface area contributed by atoms with Crippen molar-refractivity contribution >= 4 is 5.69 Å². The van der Waals surface area contributed by atoms with Crippen LogP contribution in [0.2, 0.25) is 0 Å². The third-order valence-corrected chi connectivity index (χ3v) is 3.82. The van der Waals surface area contributed by atoms with Gasteiger partial charge in [0.25, 0.3) is 0 Å². The second-order valence-corrected chi connectivity index (χ2v) is 5.48. The van der Waals surface area contributed by atoms with Crippen molar-refractivity contribution in [2.24, 2.45) is 0 Å². The molecule has 110 valence electrons. The zero-order chi connectivity index (χ0) is 14.7. The van der Waals surface area contributed by atoms with Gasteiger partial charge in [0.1, 0.15) is 11.5 Å². The molecule has 3 rings (SSSR count). The normalized spacial score (nSPS) is 14.2. The van der Waals surface area contributed by atoms with Crippen LogP contribution in [-0.4, -0.2) is 19.8 Å². The average molecular weight is 283 g/mol. The zero-order valence-corrected chi connectivity index (χ0v) is 12.6. The number of hydrogen-bond acceptors (Lipinski definition) is 3. The van der Waals surface area contributed by atoms with E-state index in [1.807, 2.05) is 12.1 Å². The largest absolute Gasteiger partial charge is 0.496 e. The van der Waals surface area contributed by atoms with Crippen LogP contribution >= 0.6 is 0 Å². The van der Waals surface area contributed by atoms with Gasteiger partial charge in [-0.05, 0) is 48.7 Å². The molecule has 0 radical (unpaired) electrons. The lowest BCUT2D eigenvalue weighted by atomic mass is 10.1. The fourth-order valence-corrected chi connectivity index (χ4v) is 2.81. The van der Waals surface area contributed by atoms with E-state index in [4.69, 9.17) is 9.47 Å². The molecular weight excluding hydrogens is 262 g/mol. The van der Waals surface area contributed by atoms with Crippen molar-refractivity contribution in [2.75, 3.05) is 19.0 Å². The van der Waals surface area contributed by atoms with Crippen molar-refractivity contribution in [1.29, 1.82) is 0 Å². The average Bonchev–Trinajstić information content (AvgIpc) is 2.95. The highest BCUT2D eigenvalue weighted by Gasteiger charge is 2.13. The molecule has 0 saturated carbocycles. The van der Waals surface area contributed by atoms with Gasteiger partial charge in [0, 0.05) is 18.2 Å². The van der Waals surface area contributed by atoms with Crippen LogP contribution < -0.4 is 14.8 Å². The maximum Gasteiger partial charge on any atom is 0.122 e. The van der Waals surface area contributed by atoms with E-state index in [2.05, 4.69) is 42.6 Å². The van der Waals surface area contributed by atoms with Gasteiger partial charge in [-0.1, -0.05) is 18.2 Å². The SMILES string of the molecule is COc1ccccc1CC(C)Nc1ccc2c(c1)CCO2. The lowest BCUT2D eigenvalue weighted by molar-refractivity contribution is 0.357. The van der Waals surface area contributed by atoms with E-state index in [9.17, 15) is 0 Å². The first kappa shape index (κ1) is 13.8. The number of methoxy groups -OCH3 is 1. The second-order valence-electron chi connectivity index (χ2n) is 5.48. The fraction of sp³-hybridized carbons (Fsp3) is 0.333. The van der Waals surface area contributed by atoms with Crippen LogP contribution in [0.1, 0.15) is 18.1 Å². The quantitative estimate of drug-likeness (QED) is 0.908. The molecule has 3 heteroatoms. The van der Waals surface area contributed by atoms with Gasteiger partial charge in [-0.3, -0.25) is 0 Å². The lowest BCUT2D eigenvalue weighted by Crippen LogP contribution is -2.18. The minimum atomic E-state index is 0.335. The first-order valence-corrected chi connectivity index (χ1v) is 7.40. The molecule has 3 nitrogen and oxygen atoms in total. The number of rotatable bonds is 5. The number of hydrogen-bond donors (Lipinski definition) is 1. The summed E-state index contributed by atoms with van der Waals surface area (Å²) in [7, 11) is 1.72. The molecule has 1 aliphatic heterocycles. The summed E-state index contributed by atoms with van der Waals surface area (Å²) in [4.78, 5) is 0. The summed E-state index contributed by atoms with van der Waals surface area (Å²) < 4.78 is 11.0. The summed E-state index contributed by atoms with van der Waals surface area (Å²) in [5.74, 6) is 1.98. The van der Waals surface area contributed by atoms with Crippen LogP contribution in [0.3, 0.4) is 0 Å². The van der Waals surface area contributed by atoms with Crippen molar-refractivity contribution in [2.45, 2.75) is 25.8 Å². The van der Waals surface area contributed by atoms with Gasteiger partial charge in [-0.25, -0.2) is 0 Å². The molecule has 0 aromatic heterocycles. The minimum absolute atomic E-state index is 0.335. The third kappa shape index (κ3) is 3.13. The standard InChI is InChI=1S/C18H21NO2/c1-13(11-14-5-3-4-6-17(14)20-2)19-16-7-8-18-15(12-16)9-10-21-18/h3-8,12-13,19H,9-11H2,1-2H3. The molecule has 0 amide bonds. The van der Waals surface area contributed by atoms with Crippen LogP contribution in [0.25, 0.3) is 0 Å². The predicted molar refractivity (Wildman–Crippen MR) is 85.4 cm³/mol. The molecule has 1 atom stereocenters. The van der Waals surface area contributed by atoms with Gasteiger partial charge in [-0.15, -0.1) is 0 Å². The highest BCUT2D eigenvalue weighted by atomic mass is 16.5. The minimum Gasteiger partial charge on any atom is -0.496 e. The van der Waals surface area contributed by atoms with Crippen LogP contribution in [0.4, 0.5) is 5.69 Å². The van der Waals surface area contributed by atoms with Gasteiger partial charge < -0.3 is 14.8 Å². The maximum absolute atomic E-state index is 5.54. The Morgan fingerprint density at radius 2 is 2.10 bits per heavy atom. The summed E-state index contributed by atoms with van der Waals surface area (Å²) in [6, 6.07) is 14.9. The smallest absolute Gasteiger partial charge is 0.122 e. The molecular formula is C18H21NO2. The molecule has 2 aromatic rings. The molecule has 2 aromatic carbocycles. The topological polar surface area (TPSA) is 30.5 Å². The van der Waals surface area contributed by atoms with Crippen LogP contribution in [0, 0.1) is 0 Å². The van der Waals surface area contributed by atoms with E-state index < -0.39 is 0 Å². The molecule has 0 spiro atoms. The van der Waals surface area contributed by atoms with Crippen molar-refractivity contribution in [1.82, 2.24) is 0 Å². The number of para-hydroxylation sites is 1. The van der Waals surface area contributed by atoms with E-state index in [1.165, 1.54) is 11.1 Å². The number of anilines is 1. The monoisotopic (exact) mass is 283 g/mol. The molecule has 1 heterocycles. The zero-order valence-electron chi connectivity index (χ0n) is 12.6. The molecule has 1 aliphatic rings. The Kier molecular flexibility index (Phi) is 4.00. The highest BCUT2D eigenvalue weighted by molar-refractivity contribution is 5.53. The Hall–Kier alpha value is -2.16. The van der Waals surface area contributed by atoms with Crippen LogP contribution in [0.15, 0.2) is 42.5 Å². The lowest BCUT2D eigenvalue weighted by Gasteiger charge is -2.17. The summed E-state index contributed by atoms with van der Waals surface area (Å²) in [5, 5.41) is 3.56. The van der Waals surface area contributed by atoms with Crippen molar-refractivity contribution in [3.05, 3.63) is 53.6 Å². The number of nitrogens with one attached hydrogen (secondary N) is 1. The summed E-state index contributed by atoms with van der Waals surface area (Å²) >= 11 is 0. The molecule has 0 fully saturated rings. The first-order valence-electron chi connectivity index (χ1n) is 7.40. The first-order chi connectivity index (χ1) is 10.3. The summed E-state index contributed by atoms with van der Waals surface area (Å²) in [6.07, 6.45) is 1.93.